The summed E-state index contributed by atoms with van der Waals surface area (Å²) in [5.41, 5.74) is 5.69. The Morgan fingerprint density at radius 3 is 2.69 bits per heavy atom. The Morgan fingerprint density at radius 1 is 1.23 bits per heavy atom. The monoisotopic (exact) mass is 367 g/mol. The van der Waals surface area contributed by atoms with Crippen LogP contribution in [0.3, 0.4) is 0 Å². The molecule has 134 valence electrons. The molecular formula is C19H21N5OS. The van der Waals surface area contributed by atoms with Crippen LogP contribution in [0.1, 0.15) is 28.2 Å². The van der Waals surface area contributed by atoms with Crippen LogP contribution in [0.5, 0.6) is 0 Å². The normalized spacial score (nSPS) is 15.4. The second-order valence-electron chi connectivity index (χ2n) is 6.58. The van der Waals surface area contributed by atoms with Gasteiger partial charge in [0.25, 0.3) is 5.91 Å². The minimum atomic E-state index is -0.156. The number of piperidine rings is 1. The number of aromatic nitrogens is 2. The van der Waals surface area contributed by atoms with E-state index in [1.54, 1.807) is 0 Å². The molecule has 1 aromatic carbocycles. The maximum Gasteiger partial charge on any atom is 0.281 e. The van der Waals surface area contributed by atoms with Crippen molar-refractivity contribution in [3.05, 3.63) is 47.0 Å². The van der Waals surface area contributed by atoms with E-state index in [0.717, 1.165) is 53.2 Å². The highest BCUT2D eigenvalue weighted by Crippen LogP contribution is 2.30. The van der Waals surface area contributed by atoms with Gasteiger partial charge in [-0.25, -0.2) is 10.1 Å². The number of para-hydroxylation sites is 1. The van der Waals surface area contributed by atoms with Crippen molar-refractivity contribution < 1.29 is 4.79 Å². The van der Waals surface area contributed by atoms with Crippen molar-refractivity contribution in [3.8, 4) is 5.69 Å². The molecule has 3 aromatic rings. The quantitative estimate of drug-likeness (QED) is 0.723. The number of nitrogens with one attached hydrogen (secondary N) is 1. The van der Waals surface area contributed by atoms with Crippen LogP contribution in [0.25, 0.3) is 15.9 Å². The Labute approximate surface area is 156 Å². The fourth-order valence-corrected chi connectivity index (χ4v) is 4.15. The number of nitrogens with zero attached hydrogens (tertiary/aromatic N) is 4. The molecule has 1 N–H and O–H groups in total. The van der Waals surface area contributed by atoms with Gasteiger partial charge >= 0.3 is 0 Å². The second kappa shape index (κ2) is 7.01. The minimum absolute atomic E-state index is 0.156. The SMILES string of the molecule is Cc1nn(-c2ccccc2)c2sc(C(=O)NN=C3CCN(C)CC3)cc12. The van der Waals surface area contributed by atoms with E-state index in [0.29, 0.717) is 4.88 Å². The molecule has 2 aromatic heterocycles. The number of aryl methyl sites for hydroxylation is 1. The van der Waals surface area contributed by atoms with Crippen molar-refractivity contribution in [2.24, 2.45) is 5.10 Å². The van der Waals surface area contributed by atoms with Crippen LogP contribution in [-0.4, -0.2) is 46.4 Å². The van der Waals surface area contributed by atoms with Gasteiger partial charge in [0.2, 0.25) is 0 Å². The number of hydrogen-bond acceptors (Lipinski definition) is 5. The van der Waals surface area contributed by atoms with Crippen LogP contribution >= 0.6 is 11.3 Å². The van der Waals surface area contributed by atoms with Gasteiger partial charge in [-0.15, -0.1) is 11.3 Å². The summed E-state index contributed by atoms with van der Waals surface area (Å²) in [6, 6.07) is 11.9. The van der Waals surface area contributed by atoms with Gasteiger partial charge in [-0.05, 0) is 32.2 Å². The first-order chi connectivity index (χ1) is 12.6. The fraction of sp³-hybridized carbons (Fsp3) is 0.316. The first kappa shape index (κ1) is 16.9. The van der Waals surface area contributed by atoms with Crippen molar-refractivity contribution in [1.82, 2.24) is 20.1 Å². The van der Waals surface area contributed by atoms with Crippen LogP contribution in [0.4, 0.5) is 0 Å². The number of hydrazone groups is 1. The number of carbonyl (C=O) groups excluding carboxylic acids is 1. The van der Waals surface area contributed by atoms with E-state index in [1.165, 1.54) is 11.3 Å². The van der Waals surface area contributed by atoms with E-state index in [-0.39, 0.29) is 5.91 Å². The molecule has 7 heteroatoms. The summed E-state index contributed by atoms with van der Waals surface area (Å²) in [7, 11) is 2.10. The molecule has 0 radical (unpaired) electrons. The lowest BCUT2D eigenvalue weighted by Gasteiger charge is -2.22. The summed E-state index contributed by atoms with van der Waals surface area (Å²) in [5, 5.41) is 9.95. The van der Waals surface area contributed by atoms with Crippen molar-refractivity contribution in [1.29, 1.82) is 0 Å². The van der Waals surface area contributed by atoms with Gasteiger partial charge in [-0.3, -0.25) is 4.79 Å². The lowest BCUT2D eigenvalue weighted by molar-refractivity contribution is 0.0958. The predicted molar refractivity (Wildman–Crippen MR) is 105 cm³/mol. The molecule has 0 atom stereocenters. The van der Waals surface area contributed by atoms with E-state index in [2.05, 4.69) is 27.6 Å². The van der Waals surface area contributed by atoms with Crippen molar-refractivity contribution in [2.75, 3.05) is 20.1 Å². The van der Waals surface area contributed by atoms with Crippen molar-refractivity contribution in [3.63, 3.8) is 0 Å². The molecule has 4 rings (SSSR count). The first-order valence-corrected chi connectivity index (χ1v) is 9.52. The highest BCUT2D eigenvalue weighted by atomic mass is 32.1. The molecule has 1 amide bonds. The lowest BCUT2D eigenvalue weighted by Crippen LogP contribution is -2.31. The van der Waals surface area contributed by atoms with E-state index in [9.17, 15) is 4.79 Å². The maximum atomic E-state index is 12.5. The smallest absolute Gasteiger partial charge is 0.281 e. The Balaban J connectivity index is 1.58. The standard InChI is InChI=1S/C19H21N5OS/c1-13-16-12-17(18(25)21-20-14-8-10-23(2)11-9-14)26-19(16)24(22-13)15-6-4-3-5-7-15/h3-7,12H,8-11H2,1-2H3,(H,21,25). The molecule has 1 aliphatic rings. The van der Waals surface area contributed by atoms with Crippen LogP contribution in [-0.2, 0) is 0 Å². The first-order valence-electron chi connectivity index (χ1n) is 8.71. The van der Waals surface area contributed by atoms with Crippen LogP contribution in [0.15, 0.2) is 41.5 Å². The van der Waals surface area contributed by atoms with E-state index < -0.39 is 0 Å². The topological polar surface area (TPSA) is 62.5 Å². The number of thiophene rings is 1. The molecule has 0 bridgehead atoms. The van der Waals surface area contributed by atoms with Gasteiger partial charge in [0, 0.05) is 37.0 Å². The molecule has 6 nitrogen and oxygen atoms in total. The van der Waals surface area contributed by atoms with Gasteiger partial charge in [0.1, 0.15) is 4.83 Å². The number of likely N-dealkylation sites (tertiary alicyclic amines) is 1. The van der Waals surface area contributed by atoms with E-state index >= 15 is 0 Å². The molecule has 0 spiro atoms. The fourth-order valence-electron chi connectivity index (χ4n) is 3.08. The third-order valence-corrected chi connectivity index (χ3v) is 5.76. The molecule has 1 aliphatic heterocycles. The highest BCUT2D eigenvalue weighted by molar-refractivity contribution is 7.20. The largest absolute Gasteiger partial charge is 0.306 e. The number of carbonyl (C=O) groups is 1. The number of fused-ring (bicyclic) bond motifs is 1. The number of rotatable bonds is 3. The summed E-state index contributed by atoms with van der Waals surface area (Å²) < 4.78 is 1.90. The summed E-state index contributed by atoms with van der Waals surface area (Å²) in [4.78, 5) is 16.4. The third-order valence-electron chi connectivity index (χ3n) is 4.65. The summed E-state index contributed by atoms with van der Waals surface area (Å²) in [6.45, 7) is 3.95. The van der Waals surface area contributed by atoms with Gasteiger partial charge in [-0.1, -0.05) is 18.2 Å². The van der Waals surface area contributed by atoms with Crippen LogP contribution in [0.2, 0.25) is 0 Å². The summed E-state index contributed by atoms with van der Waals surface area (Å²) >= 11 is 1.45. The van der Waals surface area contributed by atoms with E-state index in [4.69, 9.17) is 0 Å². The van der Waals surface area contributed by atoms with Crippen molar-refractivity contribution >= 4 is 33.2 Å². The van der Waals surface area contributed by atoms with Crippen LogP contribution in [0, 0.1) is 6.92 Å². The Morgan fingerprint density at radius 2 is 1.96 bits per heavy atom. The molecule has 0 unspecified atom stereocenters. The number of hydrogen-bond donors (Lipinski definition) is 1. The zero-order valence-corrected chi connectivity index (χ0v) is 15.7. The lowest BCUT2D eigenvalue weighted by atomic mass is 10.1. The molecule has 1 fully saturated rings. The van der Waals surface area contributed by atoms with Gasteiger partial charge in [0.15, 0.2) is 0 Å². The Bertz CT molecular complexity index is 963. The zero-order chi connectivity index (χ0) is 18.1. The average molecular weight is 367 g/mol. The number of benzene rings is 1. The third kappa shape index (κ3) is 3.27. The average Bonchev–Trinajstić information content (AvgIpc) is 3.23. The summed E-state index contributed by atoms with van der Waals surface area (Å²) in [6.07, 6.45) is 1.82. The molecule has 0 saturated carbocycles. The van der Waals surface area contributed by atoms with Gasteiger partial charge < -0.3 is 4.90 Å². The Hall–Kier alpha value is -2.51. The van der Waals surface area contributed by atoms with Crippen molar-refractivity contribution in [2.45, 2.75) is 19.8 Å². The van der Waals surface area contributed by atoms with Crippen LogP contribution < -0.4 is 5.43 Å². The molecule has 26 heavy (non-hydrogen) atoms. The minimum Gasteiger partial charge on any atom is -0.306 e. The molecular weight excluding hydrogens is 346 g/mol. The predicted octanol–water partition coefficient (Wildman–Crippen LogP) is 3.21. The summed E-state index contributed by atoms with van der Waals surface area (Å²) in [5.74, 6) is -0.156. The van der Waals surface area contributed by atoms with Gasteiger partial charge in [0.05, 0.1) is 16.3 Å². The molecule has 0 aliphatic carbocycles. The zero-order valence-electron chi connectivity index (χ0n) is 14.9. The maximum absolute atomic E-state index is 12.5. The molecule has 1 saturated heterocycles. The Kier molecular flexibility index (Phi) is 4.57. The highest BCUT2D eigenvalue weighted by Gasteiger charge is 2.17. The molecule has 3 heterocycles. The second-order valence-corrected chi connectivity index (χ2v) is 7.62. The van der Waals surface area contributed by atoms with Gasteiger partial charge in [-0.2, -0.15) is 10.2 Å². The van der Waals surface area contributed by atoms with E-state index in [1.807, 2.05) is 48.0 Å². The number of amides is 1.